The number of nitrogens with zero attached hydrogens (tertiary/aromatic N) is 2. The highest BCUT2D eigenvalue weighted by atomic mass is 19.3. The number of alkyl halides is 2. The molecule has 1 aromatic carbocycles. The van der Waals surface area contributed by atoms with Crippen LogP contribution in [0.4, 0.5) is 13.6 Å². The van der Waals surface area contributed by atoms with Crippen LogP contribution < -0.4 is 10.6 Å². The van der Waals surface area contributed by atoms with Crippen LogP contribution in [0.25, 0.3) is 11.1 Å². The summed E-state index contributed by atoms with van der Waals surface area (Å²) in [6.07, 6.45) is -0.738. The Morgan fingerprint density at radius 3 is 2.47 bits per heavy atom. The van der Waals surface area contributed by atoms with Crippen LogP contribution in [-0.4, -0.2) is 71.9 Å². The van der Waals surface area contributed by atoms with Crippen LogP contribution in [-0.2, 0) is 9.53 Å². The minimum atomic E-state index is -3.22. The van der Waals surface area contributed by atoms with E-state index in [1.807, 2.05) is 0 Å². The number of hydrogen-bond acceptors (Lipinski definition) is 6. The molecule has 1 aliphatic rings. The van der Waals surface area contributed by atoms with Crippen LogP contribution in [0, 0.1) is 0 Å². The lowest BCUT2D eigenvalue weighted by Gasteiger charge is -2.30. The summed E-state index contributed by atoms with van der Waals surface area (Å²) in [7, 11) is 0. The zero-order chi connectivity index (χ0) is 23.3. The van der Waals surface area contributed by atoms with Gasteiger partial charge in [-0.25, -0.2) is 18.6 Å². The third kappa shape index (κ3) is 6.00. The number of urea groups is 1. The molecule has 0 aliphatic carbocycles. The number of benzene rings is 1. The third-order valence-electron chi connectivity index (χ3n) is 5.02. The summed E-state index contributed by atoms with van der Waals surface area (Å²) in [5, 5.41) is 4.82. The second kappa shape index (κ2) is 10.0. The van der Waals surface area contributed by atoms with Crippen molar-refractivity contribution in [3.05, 3.63) is 30.2 Å². The van der Waals surface area contributed by atoms with Crippen molar-refractivity contribution >= 4 is 28.8 Å². The summed E-state index contributed by atoms with van der Waals surface area (Å²) < 4.78 is 38.1. The summed E-state index contributed by atoms with van der Waals surface area (Å²) in [6.45, 7) is 3.54. The molecule has 9 nitrogen and oxygen atoms in total. The molecule has 1 aliphatic heterocycles. The number of hydrogen-bond donors (Lipinski definition) is 2. The molecule has 1 fully saturated rings. The number of rotatable bonds is 8. The Morgan fingerprint density at radius 2 is 1.84 bits per heavy atom. The van der Waals surface area contributed by atoms with E-state index in [0.717, 1.165) is 0 Å². The van der Waals surface area contributed by atoms with Gasteiger partial charge < -0.3 is 24.7 Å². The number of carbonyl (C=O) groups is 3. The maximum atomic E-state index is 13.7. The van der Waals surface area contributed by atoms with Gasteiger partial charge in [0.2, 0.25) is 17.6 Å². The number of ketones is 1. The van der Waals surface area contributed by atoms with Gasteiger partial charge in [0.15, 0.2) is 5.58 Å². The lowest BCUT2D eigenvalue weighted by Crippen LogP contribution is -2.56. The lowest BCUT2D eigenvalue weighted by atomic mass is 10.1. The van der Waals surface area contributed by atoms with Crippen LogP contribution in [0.2, 0.25) is 0 Å². The smallest absolute Gasteiger partial charge is 0.318 e. The molecular formula is C21H26F2N4O5. The highest BCUT2D eigenvalue weighted by molar-refractivity contribution is 6.00. The molecule has 2 heterocycles. The van der Waals surface area contributed by atoms with Crippen LogP contribution in [0.1, 0.15) is 37.4 Å². The van der Waals surface area contributed by atoms with Crippen molar-refractivity contribution in [3.63, 3.8) is 0 Å². The van der Waals surface area contributed by atoms with Crippen molar-refractivity contribution in [1.82, 2.24) is 20.5 Å². The normalized spacial score (nSPS) is 16.4. The zero-order valence-corrected chi connectivity index (χ0v) is 17.9. The molecule has 0 bridgehead atoms. The highest BCUT2D eigenvalue weighted by Gasteiger charge is 2.35. The summed E-state index contributed by atoms with van der Waals surface area (Å²) in [4.78, 5) is 43.6. The average molecular weight is 452 g/mol. The molecule has 3 amide bonds. The molecule has 0 saturated carbocycles. The highest BCUT2D eigenvalue weighted by Crippen LogP contribution is 2.20. The topological polar surface area (TPSA) is 114 Å². The summed E-state index contributed by atoms with van der Waals surface area (Å²) >= 11 is 0. The Kier molecular flexibility index (Phi) is 7.39. The van der Waals surface area contributed by atoms with Gasteiger partial charge in [-0.3, -0.25) is 9.59 Å². The Morgan fingerprint density at radius 1 is 1.16 bits per heavy atom. The summed E-state index contributed by atoms with van der Waals surface area (Å²) in [5.74, 6) is -4.87. The molecule has 3 rings (SSSR count). The Hall–Kier alpha value is -3.08. The summed E-state index contributed by atoms with van der Waals surface area (Å²) in [6, 6.07) is 3.57. The number of amides is 3. The van der Waals surface area contributed by atoms with Crippen molar-refractivity contribution in [2.24, 2.45) is 0 Å². The van der Waals surface area contributed by atoms with E-state index >= 15 is 0 Å². The predicted molar refractivity (Wildman–Crippen MR) is 111 cm³/mol. The maximum Gasteiger partial charge on any atom is 0.318 e. The SMILES string of the molecule is CC[C@H](NC(=O)[C@H](CC(C)(F)F)NC(=O)N1CCOCC1)C(=O)c1nc2ccccc2o1. The van der Waals surface area contributed by atoms with Gasteiger partial charge in [0.05, 0.1) is 19.3 Å². The molecule has 0 unspecified atom stereocenters. The Labute approximate surface area is 183 Å². The Bertz CT molecular complexity index is 935. The average Bonchev–Trinajstić information content (AvgIpc) is 3.20. The van der Waals surface area contributed by atoms with Gasteiger partial charge in [0, 0.05) is 19.5 Å². The van der Waals surface area contributed by atoms with Crippen molar-refractivity contribution < 1.29 is 32.3 Å². The van der Waals surface area contributed by atoms with E-state index in [9.17, 15) is 23.2 Å². The van der Waals surface area contributed by atoms with Gasteiger partial charge in [-0.15, -0.1) is 0 Å². The second-order valence-corrected chi connectivity index (χ2v) is 7.70. The van der Waals surface area contributed by atoms with E-state index in [4.69, 9.17) is 9.15 Å². The van der Waals surface area contributed by atoms with Crippen LogP contribution >= 0.6 is 0 Å². The molecule has 0 spiro atoms. The number of ether oxygens (including phenoxy) is 1. The van der Waals surface area contributed by atoms with E-state index in [0.29, 0.717) is 31.2 Å². The van der Waals surface area contributed by atoms with Crippen molar-refractivity contribution in [1.29, 1.82) is 0 Å². The zero-order valence-electron chi connectivity index (χ0n) is 17.9. The van der Waals surface area contributed by atoms with E-state index < -0.39 is 42.1 Å². The van der Waals surface area contributed by atoms with E-state index in [-0.39, 0.29) is 25.4 Å². The molecule has 2 N–H and O–H groups in total. The molecule has 2 aromatic rings. The molecule has 0 radical (unpaired) electrons. The molecule has 1 aromatic heterocycles. The molecule has 1 saturated heterocycles. The molecule has 174 valence electrons. The van der Waals surface area contributed by atoms with Crippen LogP contribution in [0.15, 0.2) is 28.7 Å². The largest absolute Gasteiger partial charge is 0.434 e. The quantitative estimate of drug-likeness (QED) is 0.595. The minimum absolute atomic E-state index is 0.177. The first-order chi connectivity index (χ1) is 15.2. The molecule has 32 heavy (non-hydrogen) atoms. The van der Waals surface area contributed by atoms with Crippen molar-refractivity contribution in [3.8, 4) is 0 Å². The Balaban J connectivity index is 1.71. The fraction of sp³-hybridized carbons (Fsp3) is 0.524. The number of nitrogens with one attached hydrogen (secondary N) is 2. The van der Waals surface area contributed by atoms with Crippen molar-refractivity contribution in [2.75, 3.05) is 26.3 Å². The number of oxazole rings is 1. The van der Waals surface area contributed by atoms with Gasteiger partial charge in [-0.1, -0.05) is 19.1 Å². The second-order valence-electron chi connectivity index (χ2n) is 7.70. The first kappa shape index (κ1) is 23.6. The molecular weight excluding hydrogens is 426 g/mol. The number of Topliss-reactive ketones (excluding diaryl/α,β-unsaturated/α-hetero) is 1. The van der Waals surface area contributed by atoms with Crippen molar-refractivity contribution in [2.45, 2.75) is 44.7 Å². The number of aromatic nitrogens is 1. The van der Waals surface area contributed by atoms with E-state index in [1.54, 1.807) is 31.2 Å². The summed E-state index contributed by atoms with van der Waals surface area (Å²) in [5.41, 5.74) is 0.900. The number of carbonyl (C=O) groups excluding carboxylic acids is 3. The maximum absolute atomic E-state index is 13.7. The fourth-order valence-corrected chi connectivity index (χ4v) is 3.33. The van der Waals surface area contributed by atoms with E-state index in [1.165, 1.54) is 4.90 Å². The van der Waals surface area contributed by atoms with Crippen LogP contribution in [0.5, 0.6) is 0 Å². The first-order valence-corrected chi connectivity index (χ1v) is 10.4. The van der Waals surface area contributed by atoms with Gasteiger partial charge in [-0.2, -0.15) is 0 Å². The fourth-order valence-electron chi connectivity index (χ4n) is 3.33. The monoisotopic (exact) mass is 452 g/mol. The molecule has 11 heteroatoms. The predicted octanol–water partition coefficient (Wildman–Crippen LogP) is 2.36. The van der Waals surface area contributed by atoms with Crippen LogP contribution in [0.3, 0.4) is 0 Å². The lowest BCUT2D eigenvalue weighted by molar-refractivity contribution is -0.125. The third-order valence-corrected chi connectivity index (χ3v) is 5.02. The van der Waals surface area contributed by atoms with E-state index in [2.05, 4.69) is 15.6 Å². The standard InChI is InChI=1S/C21H26F2N4O5/c1-3-13(17(28)19-25-14-6-4-5-7-16(14)32-19)24-18(29)15(12-21(2,22)23)26-20(30)27-8-10-31-11-9-27/h4-7,13,15H,3,8-12H2,1-2H3,(H,24,29)(H,26,30)/t13-,15-/m0/s1. The number of halogens is 2. The van der Waals surface area contributed by atoms with Gasteiger partial charge >= 0.3 is 6.03 Å². The number of para-hydroxylation sites is 2. The van der Waals surface area contributed by atoms with Gasteiger partial charge in [0.1, 0.15) is 11.6 Å². The molecule has 2 atom stereocenters. The van der Waals surface area contributed by atoms with Gasteiger partial charge in [-0.05, 0) is 25.5 Å². The number of morpholine rings is 1. The first-order valence-electron chi connectivity index (χ1n) is 10.4. The number of fused-ring (bicyclic) bond motifs is 1. The minimum Gasteiger partial charge on any atom is -0.434 e. The van der Waals surface area contributed by atoms with Gasteiger partial charge in [0.25, 0.3) is 5.89 Å².